The number of esters is 1. The van der Waals surface area contributed by atoms with Gasteiger partial charge in [-0.05, 0) is 86.0 Å². The third kappa shape index (κ3) is 6.02. The van der Waals surface area contributed by atoms with E-state index in [0.29, 0.717) is 45.9 Å². The smallest absolute Gasteiger partial charge is 0.328 e. The van der Waals surface area contributed by atoms with Gasteiger partial charge >= 0.3 is 11.9 Å². The van der Waals surface area contributed by atoms with Crippen molar-refractivity contribution < 1.29 is 38.7 Å². The van der Waals surface area contributed by atoms with Gasteiger partial charge in [0.25, 0.3) is 5.79 Å². The third-order valence-corrected chi connectivity index (χ3v) is 10.7. The van der Waals surface area contributed by atoms with Crippen LogP contribution in [-0.2, 0) is 36.5 Å². The molecule has 4 saturated carbocycles. The summed E-state index contributed by atoms with van der Waals surface area (Å²) in [7, 11) is 1.63. The van der Waals surface area contributed by atoms with Crippen LogP contribution in [0.15, 0.2) is 42.5 Å². The molecule has 1 atom stereocenters. The van der Waals surface area contributed by atoms with E-state index in [2.05, 4.69) is 6.92 Å². The number of carbonyl (C=O) groups is 2. The zero-order valence-electron chi connectivity index (χ0n) is 26.1. The highest BCUT2D eigenvalue weighted by molar-refractivity contribution is 6.33. The maximum Gasteiger partial charge on any atom is 0.328 e. The molecule has 8 nitrogen and oxygen atoms in total. The summed E-state index contributed by atoms with van der Waals surface area (Å²) in [4.78, 5) is 35.7. The molecule has 0 aromatic heterocycles. The molecule has 5 aliphatic rings. The predicted molar refractivity (Wildman–Crippen MR) is 169 cm³/mol. The van der Waals surface area contributed by atoms with Gasteiger partial charge in [-0.1, -0.05) is 68.5 Å². The molecule has 1 unspecified atom stereocenters. The first-order valence-corrected chi connectivity index (χ1v) is 16.8. The topological polar surface area (TPSA) is 101 Å². The minimum atomic E-state index is -1.19. The minimum Gasteiger partial charge on any atom is -0.487 e. The summed E-state index contributed by atoms with van der Waals surface area (Å²) in [5.74, 6) is 0.362. The summed E-state index contributed by atoms with van der Waals surface area (Å²) < 4.78 is 18.0. The van der Waals surface area contributed by atoms with Gasteiger partial charge in [0.05, 0.1) is 5.02 Å². The van der Waals surface area contributed by atoms with E-state index in [9.17, 15) is 14.7 Å². The van der Waals surface area contributed by atoms with Gasteiger partial charge in [-0.3, -0.25) is 4.79 Å². The second-order valence-electron chi connectivity index (χ2n) is 13.2. The van der Waals surface area contributed by atoms with E-state index in [1.807, 2.05) is 18.2 Å². The number of aliphatic carboxylic acids is 1. The van der Waals surface area contributed by atoms with Crippen molar-refractivity contribution in [1.82, 2.24) is 0 Å². The van der Waals surface area contributed by atoms with E-state index in [0.717, 1.165) is 74.8 Å². The Balaban J connectivity index is 1.20. The maximum absolute atomic E-state index is 12.2. The lowest BCUT2D eigenvalue weighted by Crippen LogP contribution is -2.76. The van der Waals surface area contributed by atoms with Crippen molar-refractivity contribution in [2.45, 2.75) is 95.5 Å². The summed E-state index contributed by atoms with van der Waals surface area (Å²) in [5.41, 5.74) is 1.33. The molecule has 4 aliphatic carbocycles. The molecule has 2 aromatic carbocycles. The largest absolute Gasteiger partial charge is 0.487 e. The second kappa shape index (κ2) is 13.4. The van der Waals surface area contributed by atoms with E-state index in [1.54, 1.807) is 25.3 Å². The molecule has 0 radical (unpaired) electrons. The number of ether oxygens (including phenoxy) is 3. The SMILES string of the molecule is CCCCCCCC(=O)Oc1ccc(COc2c(/C=C/C(=O)O)ccc(C3(OC)OOC34C3CC5CC(C3)CC4C5)c2Cl)cc1. The van der Waals surface area contributed by atoms with Crippen LogP contribution in [0.2, 0.25) is 5.02 Å². The van der Waals surface area contributed by atoms with Crippen molar-refractivity contribution in [3.63, 3.8) is 0 Å². The van der Waals surface area contributed by atoms with E-state index in [4.69, 9.17) is 35.6 Å². The molecule has 0 amide bonds. The van der Waals surface area contributed by atoms with Crippen LogP contribution in [-0.4, -0.2) is 29.8 Å². The van der Waals surface area contributed by atoms with Crippen LogP contribution < -0.4 is 9.47 Å². The summed E-state index contributed by atoms with van der Waals surface area (Å²) in [6.45, 7) is 2.32. The molecule has 1 aliphatic heterocycles. The van der Waals surface area contributed by atoms with Crippen LogP contribution in [0, 0.1) is 23.7 Å². The van der Waals surface area contributed by atoms with Gasteiger partial charge in [0.2, 0.25) is 0 Å². The lowest BCUT2D eigenvalue weighted by Gasteiger charge is -2.68. The number of carboxylic acids is 1. The number of carbonyl (C=O) groups excluding carboxylic acids is 1. The second-order valence-corrected chi connectivity index (χ2v) is 13.6. The van der Waals surface area contributed by atoms with Crippen molar-refractivity contribution in [2.24, 2.45) is 23.7 Å². The average molecular weight is 639 g/mol. The Hall–Kier alpha value is -2.91. The number of methoxy groups -OCH3 is 1. The Morgan fingerprint density at radius 2 is 1.64 bits per heavy atom. The van der Waals surface area contributed by atoms with Crippen molar-refractivity contribution in [3.8, 4) is 11.5 Å². The van der Waals surface area contributed by atoms with Gasteiger partial charge < -0.3 is 19.3 Å². The summed E-state index contributed by atoms with van der Waals surface area (Å²) in [6, 6.07) is 10.8. The fourth-order valence-corrected chi connectivity index (χ4v) is 8.81. The van der Waals surface area contributed by atoms with Gasteiger partial charge in [0, 0.05) is 30.7 Å². The number of unbranched alkanes of at least 4 members (excludes halogenated alkanes) is 4. The standard InChI is InChI=1S/C36H43ClO8/c1-3-4-5-6-7-8-32(40)43-29-13-9-23(10-14-29)22-42-34-26(12-16-31(38)39)11-15-30(33(34)37)36(41-2)35(44-45-36)27-18-24-17-25(20-27)21-28(35)19-24/h9-16,24-25,27-28H,3-8,17-22H2,1-2H3,(H,38,39)/b16-12+. The molecule has 45 heavy (non-hydrogen) atoms. The van der Waals surface area contributed by atoms with E-state index < -0.39 is 17.4 Å². The molecular formula is C36H43ClO8. The van der Waals surface area contributed by atoms with Gasteiger partial charge in [-0.25, -0.2) is 9.68 Å². The quantitative estimate of drug-likeness (QED) is 0.0726. The molecule has 1 spiro atoms. The Labute approximate surface area is 269 Å². The normalized spacial score (nSPS) is 29.7. The molecular weight excluding hydrogens is 596 g/mol. The fraction of sp³-hybridized carbons (Fsp3) is 0.556. The van der Waals surface area contributed by atoms with Crippen LogP contribution >= 0.6 is 11.6 Å². The van der Waals surface area contributed by atoms with Crippen LogP contribution in [0.25, 0.3) is 6.08 Å². The first-order chi connectivity index (χ1) is 21.8. The highest BCUT2D eigenvalue weighted by atomic mass is 35.5. The molecule has 5 fully saturated rings. The third-order valence-electron chi connectivity index (χ3n) is 10.4. The number of halogens is 1. The van der Waals surface area contributed by atoms with Gasteiger partial charge in [0.15, 0.2) is 5.60 Å². The average Bonchev–Trinajstić information content (AvgIpc) is 3.00. The zero-order chi connectivity index (χ0) is 31.6. The minimum absolute atomic E-state index is 0.153. The number of rotatable bonds is 14. The van der Waals surface area contributed by atoms with Crippen molar-refractivity contribution in [3.05, 3.63) is 64.2 Å². The van der Waals surface area contributed by atoms with Crippen LogP contribution in [0.3, 0.4) is 0 Å². The van der Waals surface area contributed by atoms with E-state index in [1.165, 1.54) is 18.9 Å². The number of hydrogen-bond donors (Lipinski definition) is 1. The van der Waals surface area contributed by atoms with Crippen molar-refractivity contribution in [1.29, 1.82) is 0 Å². The summed E-state index contributed by atoms with van der Waals surface area (Å²) >= 11 is 7.14. The molecule has 242 valence electrons. The Bertz CT molecular complexity index is 1390. The Kier molecular flexibility index (Phi) is 9.57. The zero-order valence-corrected chi connectivity index (χ0v) is 26.9. The number of hydrogen-bond acceptors (Lipinski definition) is 7. The van der Waals surface area contributed by atoms with E-state index >= 15 is 0 Å². The molecule has 1 saturated heterocycles. The van der Waals surface area contributed by atoms with Crippen molar-refractivity contribution >= 4 is 29.6 Å². The number of benzene rings is 2. The van der Waals surface area contributed by atoms with Gasteiger partial charge in [-0.15, -0.1) is 0 Å². The monoisotopic (exact) mass is 638 g/mol. The van der Waals surface area contributed by atoms with Crippen LogP contribution in [0.5, 0.6) is 11.5 Å². The highest BCUT2D eigenvalue weighted by Crippen LogP contribution is 2.70. The molecule has 2 aromatic rings. The van der Waals surface area contributed by atoms with Crippen molar-refractivity contribution in [2.75, 3.05) is 7.11 Å². The molecule has 4 bridgehead atoms. The number of carboxylic acid groups (broad SMARTS) is 1. The van der Waals surface area contributed by atoms with Crippen LogP contribution in [0.4, 0.5) is 0 Å². The Morgan fingerprint density at radius 1 is 0.956 bits per heavy atom. The highest BCUT2D eigenvalue weighted by Gasteiger charge is 2.77. The summed E-state index contributed by atoms with van der Waals surface area (Å²) in [5, 5.41) is 9.61. The molecule has 9 heteroatoms. The molecule has 1 N–H and O–H groups in total. The van der Waals surface area contributed by atoms with Gasteiger partial charge in [-0.2, -0.15) is 4.89 Å². The molecule has 1 heterocycles. The van der Waals surface area contributed by atoms with E-state index in [-0.39, 0.29) is 12.6 Å². The summed E-state index contributed by atoms with van der Waals surface area (Å²) in [6.07, 6.45) is 13.9. The van der Waals surface area contributed by atoms with Gasteiger partial charge in [0.1, 0.15) is 18.1 Å². The predicted octanol–water partition coefficient (Wildman–Crippen LogP) is 8.24. The van der Waals surface area contributed by atoms with Crippen LogP contribution in [0.1, 0.15) is 94.2 Å². The lowest BCUT2D eigenvalue weighted by molar-refractivity contribution is -0.645. The Morgan fingerprint density at radius 3 is 2.24 bits per heavy atom. The molecule has 7 rings (SSSR count). The first-order valence-electron chi connectivity index (χ1n) is 16.4. The first kappa shape index (κ1) is 32.0. The maximum atomic E-state index is 12.2. The fourth-order valence-electron chi connectivity index (χ4n) is 8.46. The lowest BCUT2D eigenvalue weighted by atomic mass is 9.47.